The van der Waals surface area contributed by atoms with Gasteiger partial charge in [-0.2, -0.15) is 0 Å². The van der Waals surface area contributed by atoms with Crippen molar-refractivity contribution in [3.05, 3.63) is 53.5 Å². The van der Waals surface area contributed by atoms with Gasteiger partial charge < -0.3 is 11.1 Å². The minimum absolute atomic E-state index is 0.149. The zero-order valence-corrected chi connectivity index (χ0v) is 12.3. The highest BCUT2D eigenvalue weighted by Gasteiger charge is 2.10. The summed E-state index contributed by atoms with van der Waals surface area (Å²) in [6.07, 6.45) is 3.68. The molecule has 0 saturated carbocycles. The van der Waals surface area contributed by atoms with Gasteiger partial charge in [0, 0.05) is 18.9 Å². The molecule has 5 heteroatoms. The van der Waals surface area contributed by atoms with Crippen LogP contribution in [0.3, 0.4) is 0 Å². The molecule has 0 saturated heterocycles. The summed E-state index contributed by atoms with van der Waals surface area (Å²) in [5.74, 6) is 0.383. The topological polar surface area (TPSA) is 80.9 Å². The maximum atomic E-state index is 11.9. The molecule has 1 heterocycles. The number of nitrogens with zero attached hydrogens (tertiary/aromatic N) is 2. The molecule has 2 rings (SSSR count). The Hall–Kier alpha value is -2.43. The van der Waals surface area contributed by atoms with E-state index < -0.39 is 0 Å². The highest BCUT2D eigenvalue weighted by molar-refractivity contribution is 5.96. The van der Waals surface area contributed by atoms with Crippen molar-refractivity contribution >= 4 is 11.7 Å². The molecule has 5 nitrogen and oxygen atoms in total. The molecule has 0 atom stereocenters. The van der Waals surface area contributed by atoms with Gasteiger partial charge in [-0.1, -0.05) is 38.1 Å². The minimum Gasteiger partial charge on any atom is -0.382 e. The Balaban J connectivity index is 1.87. The summed E-state index contributed by atoms with van der Waals surface area (Å²) in [5, 5.41) is 2.80. The molecule has 0 radical (unpaired) electrons. The van der Waals surface area contributed by atoms with E-state index in [1.54, 1.807) is 0 Å². The second kappa shape index (κ2) is 6.83. The van der Waals surface area contributed by atoms with Crippen LogP contribution in [-0.2, 0) is 6.42 Å². The molecule has 110 valence electrons. The van der Waals surface area contributed by atoms with E-state index in [0.717, 1.165) is 6.42 Å². The van der Waals surface area contributed by atoms with Crippen molar-refractivity contribution in [2.24, 2.45) is 0 Å². The van der Waals surface area contributed by atoms with Gasteiger partial charge in [0.25, 0.3) is 5.91 Å². The van der Waals surface area contributed by atoms with Crippen LogP contribution in [0, 0.1) is 0 Å². The summed E-state index contributed by atoms with van der Waals surface area (Å²) in [5.41, 5.74) is 8.29. The van der Waals surface area contributed by atoms with Crippen LogP contribution in [0.15, 0.2) is 36.7 Å². The van der Waals surface area contributed by atoms with Crippen LogP contribution in [0.4, 0.5) is 5.82 Å². The fraction of sp³-hybridized carbons (Fsp3) is 0.312. The Morgan fingerprint density at radius 2 is 1.86 bits per heavy atom. The summed E-state index contributed by atoms with van der Waals surface area (Å²) in [7, 11) is 0. The zero-order valence-electron chi connectivity index (χ0n) is 12.3. The summed E-state index contributed by atoms with van der Waals surface area (Å²) < 4.78 is 0. The monoisotopic (exact) mass is 284 g/mol. The van der Waals surface area contributed by atoms with E-state index in [2.05, 4.69) is 53.4 Å². The lowest BCUT2D eigenvalue weighted by molar-refractivity contribution is 0.0950. The molecule has 1 aromatic carbocycles. The molecule has 0 aliphatic heterocycles. The molecule has 1 aromatic heterocycles. The number of carbonyl (C=O) groups is 1. The molecular formula is C16H20N4O. The summed E-state index contributed by atoms with van der Waals surface area (Å²) in [6.45, 7) is 4.87. The highest BCUT2D eigenvalue weighted by atomic mass is 16.1. The quantitative estimate of drug-likeness (QED) is 0.881. The summed E-state index contributed by atoms with van der Waals surface area (Å²) in [4.78, 5) is 19.7. The first-order valence-corrected chi connectivity index (χ1v) is 7.01. The Morgan fingerprint density at radius 1 is 1.19 bits per heavy atom. The number of hydrogen-bond donors (Lipinski definition) is 2. The maximum absolute atomic E-state index is 11.9. The first kappa shape index (κ1) is 15.0. The number of carbonyl (C=O) groups excluding carboxylic acids is 1. The number of anilines is 1. The van der Waals surface area contributed by atoms with Crippen molar-refractivity contribution in [3.63, 3.8) is 0 Å². The van der Waals surface area contributed by atoms with Gasteiger partial charge in [0.15, 0.2) is 11.5 Å². The SMILES string of the molecule is CC(C)c1ccc(CCNC(=O)c2nccnc2N)cc1. The van der Waals surface area contributed by atoms with Crippen molar-refractivity contribution in [1.82, 2.24) is 15.3 Å². The fourth-order valence-corrected chi connectivity index (χ4v) is 2.00. The molecule has 1 amide bonds. The van der Waals surface area contributed by atoms with Crippen LogP contribution in [0.1, 0.15) is 41.4 Å². The third-order valence-corrected chi connectivity index (χ3v) is 3.29. The smallest absolute Gasteiger partial charge is 0.273 e. The Bertz CT molecular complexity index is 608. The number of rotatable bonds is 5. The Kier molecular flexibility index (Phi) is 4.87. The normalized spacial score (nSPS) is 10.6. The number of hydrogen-bond acceptors (Lipinski definition) is 4. The minimum atomic E-state index is -0.292. The third-order valence-electron chi connectivity index (χ3n) is 3.29. The van der Waals surface area contributed by atoms with E-state index in [4.69, 9.17) is 5.73 Å². The van der Waals surface area contributed by atoms with Gasteiger partial charge in [-0.05, 0) is 23.5 Å². The number of nitrogen functional groups attached to an aromatic ring is 1. The van der Waals surface area contributed by atoms with Crippen LogP contribution in [-0.4, -0.2) is 22.4 Å². The van der Waals surface area contributed by atoms with Crippen LogP contribution < -0.4 is 11.1 Å². The van der Waals surface area contributed by atoms with Crippen molar-refractivity contribution < 1.29 is 4.79 Å². The van der Waals surface area contributed by atoms with Crippen molar-refractivity contribution in [1.29, 1.82) is 0 Å². The van der Waals surface area contributed by atoms with E-state index in [0.29, 0.717) is 12.5 Å². The average Bonchev–Trinajstić information content (AvgIpc) is 2.48. The second-order valence-corrected chi connectivity index (χ2v) is 5.19. The van der Waals surface area contributed by atoms with E-state index in [9.17, 15) is 4.79 Å². The molecule has 21 heavy (non-hydrogen) atoms. The number of nitrogens with two attached hydrogens (primary N) is 1. The first-order chi connectivity index (χ1) is 10.1. The Labute approximate surface area is 124 Å². The molecule has 2 aromatic rings. The van der Waals surface area contributed by atoms with Gasteiger partial charge in [-0.15, -0.1) is 0 Å². The summed E-state index contributed by atoms with van der Waals surface area (Å²) >= 11 is 0. The van der Waals surface area contributed by atoms with Gasteiger partial charge in [0.1, 0.15) is 0 Å². The third kappa shape index (κ3) is 4.02. The number of amides is 1. The fourth-order valence-electron chi connectivity index (χ4n) is 2.00. The van der Waals surface area contributed by atoms with Crippen molar-refractivity contribution in [2.45, 2.75) is 26.2 Å². The predicted octanol–water partition coefficient (Wildman–Crippen LogP) is 2.15. The van der Waals surface area contributed by atoms with Crippen LogP contribution in [0.2, 0.25) is 0 Å². The lowest BCUT2D eigenvalue weighted by Gasteiger charge is -2.08. The van der Waals surface area contributed by atoms with Crippen molar-refractivity contribution in [2.75, 3.05) is 12.3 Å². The van der Waals surface area contributed by atoms with Gasteiger partial charge >= 0.3 is 0 Å². The Morgan fingerprint density at radius 3 is 2.48 bits per heavy atom. The van der Waals surface area contributed by atoms with Gasteiger partial charge in [-0.25, -0.2) is 9.97 Å². The highest BCUT2D eigenvalue weighted by Crippen LogP contribution is 2.14. The first-order valence-electron chi connectivity index (χ1n) is 7.01. The molecule has 0 unspecified atom stereocenters. The van der Waals surface area contributed by atoms with Crippen LogP contribution in [0.25, 0.3) is 0 Å². The van der Waals surface area contributed by atoms with Crippen LogP contribution >= 0.6 is 0 Å². The molecule has 0 aliphatic rings. The van der Waals surface area contributed by atoms with E-state index in [1.165, 1.54) is 23.5 Å². The van der Waals surface area contributed by atoms with Crippen molar-refractivity contribution in [3.8, 4) is 0 Å². The van der Waals surface area contributed by atoms with Gasteiger partial charge in [0.2, 0.25) is 0 Å². The van der Waals surface area contributed by atoms with Gasteiger partial charge in [0.05, 0.1) is 0 Å². The van der Waals surface area contributed by atoms with Gasteiger partial charge in [-0.3, -0.25) is 4.79 Å². The maximum Gasteiger partial charge on any atom is 0.273 e. The molecule has 0 aliphatic carbocycles. The predicted molar refractivity (Wildman–Crippen MR) is 83.0 cm³/mol. The number of aromatic nitrogens is 2. The lowest BCUT2D eigenvalue weighted by Crippen LogP contribution is -2.27. The zero-order chi connectivity index (χ0) is 15.2. The van der Waals surface area contributed by atoms with E-state index >= 15 is 0 Å². The standard InChI is InChI=1S/C16H20N4O/c1-11(2)13-5-3-12(4-6-13)7-8-20-16(21)14-15(17)19-10-9-18-14/h3-6,9-11H,7-8H2,1-2H3,(H2,17,19)(H,20,21). The lowest BCUT2D eigenvalue weighted by atomic mass is 10.0. The molecule has 0 fully saturated rings. The number of nitrogens with one attached hydrogen (secondary N) is 1. The largest absolute Gasteiger partial charge is 0.382 e. The molecule has 0 spiro atoms. The van der Waals surface area contributed by atoms with E-state index in [-0.39, 0.29) is 17.4 Å². The number of benzene rings is 1. The molecular weight excluding hydrogens is 264 g/mol. The molecule has 3 N–H and O–H groups in total. The summed E-state index contributed by atoms with van der Waals surface area (Å²) in [6, 6.07) is 8.45. The average molecular weight is 284 g/mol. The van der Waals surface area contributed by atoms with E-state index in [1.807, 2.05) is 0 Å². The van der Waals surface area contributed by atoms with Crippen LogP contribution in [0.5, 0.6) is 0 Å². The second-order valence-electron chi connectivity index (χ2n) is 5.19. The molecule has 0 bridgehead atoms.